The van der Waals surface area contributed by atoms with E-state index in [0.29, 0.717) is 13.0 Å². The molecule has 0 heterocycles. The van der Waals surface area contributed by atoms with Crippen LogP contribution >= 0.6 is 28.3 Å². The Bertz CT molecular complexity index is 359. The van der Waals surface area contributed by atoms with Crippen molar-refractivity contribution in [3.63, 3.8) is 0 Å². The van der Waals surface area contributed by atoms with E-state index in [2.05, 4.69) is 15.9 Å². The maximum atomic E-state index is 10.6. The summed E-state index contributed by atoms with van der Waals surface area (Å²) in [7, 11) is 0. The highest BCUT2D eigenvalue weighted by Crippen LogP contribution is 2.13. The number of carbonyl (C=O) groups is 1. The first-order chi connectivity index (χ1) is 8.13. The quantitative estimate of drug-likeness (QED) is 0.591. The van der Waals surface area contributed by atoms with Gasteiger partial charge in [0.25, 0.3) is 0 Å². The van der Waals surface area contributed by atoms with Gasteiger partial charge in [0.1, 0.15) is 11.8 Å². The van der Waals surface area contributed by atoms with Crippen LogP contribution in [0.5, 0.6) is 5.75 Å². The van der Waals surface area contributed by atoms with Crippen LogP contribution in [-0.2, 0) is 11.2 Å². The molecule has 0 aliphatic carbocycles. The molecule has 0 saturated heterocycles. The van der Waals surface area contributed by atoms with Gasteiger partial charge in [-0.1, -0.05) is 28.1 Å². The van der Waals surface area contributed by atoms with E-state index in [0.717, 1.165) is 23.1 Å². The van der Waals surface area contributed by atoms with E-state index >= 15 is 0 Å². The third-order valence-corrected chi connectivity index (χ3v) is 2.80. The summed E-state index contributed by atoms with van der Waals surface area (Å²) in [5.41, 5.74) is 6.34. The van der Waals surface area contributed by atoms with E-state index in [1.165, 1.54) is 0 Å². The second-order valence-electron chi connectivity index (χ2n) is 3.68. The van der Waals surface area contributed by atoms with E-state index < -0.39 is 12.0 Å². The Hall–Kier alpha value is -0.780. The minimum absolute atomic E-state index is 0. The summed E-state index contributed by atoms with van der Waals surface area (Å²) in [4.78, 5) is 10.6. The van der Waals surface area contributed by atoms with Gasteiger partial charge in [-0.25, -0.2) is 0 Å². The van der Waals surface area contributed by atoms with Gasteiger partial charge < -0.3 is 15.6 Å². The zero-order valence-electron chi connectivity index (χ0n) is 9.84. The fraction of sp³-hybridized carbons (Fsp3) is 0.417. The Labute approximate surface area is 121 Å². The molecule has 1 rings (SSSR count). The Morgan fingerprint density at radius 2 is 2.00 bits per heavy atom. The first-order valence-corrected chi connectivity index (χ1v) is 6.51. The molecule has 0 aliphatic rings. The van der Waals surface area contributed by atoms with Gasteiger partial charge in [0.15, 0.2) is 0 Å². The largest absolute Gasteiger partial charge is 0.494 e. The SMILES string of the molecule is Cl.N[C@@H](Cc1ccc(OCCCBr)cc1)C(=O)O. The van der Waals surface area contributed by atoms with Crippen molar-refractivity contribution in [3.8, 4) is 5.75 Å². The van der Waals surface area contributed by atoms with Crippen LogP contribution in [0.2, 0.25) is 0 Å². The lowest BCUT2D eigenvalue weighted by Crippen LogP contribution is -2.32. The highest BCUT2D eigenvalue weighted by molar-refractivity contribution is 9.09. The standard InChI is InChI=1S/C12H16BrNO3.ClH/c13-6-1-7-17-10-4-2-9(3-5-10)8-11(14)12(15)16;/h2-5,11H,1,6-8,14H2,(H,15,16);1H/t11-;/m0./s1. The van der Waals surface area contributed by atoms with Crippen molar-refractivity contribution < 1.29 is 14.6 Å². The van der Waals surface area contributed by atoms with Crippen LogP contribution in [0.1, 0.15) is 12.0 Å². The van der Waals surface area contributed by atoms with Crippen LogP contribution in [0.3, 0.4) is 0 Å². The first-order valence-electron chi connectivity index (χ1n) is 5.39. The number of rotatable bonds is 7. The molecule has 0 fully saturated rings. The van der Waals surface area contributed by atoms with E-state index in [9.17, 15) is 4.79 Å². The van der Waals surface area contributed by atoms with E-state index in [4.69, 9.17) is 15.6 Å². The van der Waals surface area contributed by atoms with Gasteiger partial charge in [0.05, 0.1) is 6.61 Å². The van der Waals surface area contributed by atoms with Crippen molar-refractivity contribution >= 4 is 34.3 Å². The molecule has 0 aliphatic heterocycles. The van der Waals surface area contributed by atoms with Crippen molar-refractivity contribution in [3.05, 3.63) is 29.8 Å². The summed E-state index contributed by atoms with van der Waals surface area (Å²) in [6.45, 7) is 0.666. The van der Waals surface area contributed by atoms with E-state index in [1.807, 2.05) is 24.3 Å². The predicted molar refractivity (Wildman–Crippen MR) is 76.9 cm³/mol. The molecule has 3 N–H and O–H groups in total. The molecule has 0 spiro atoms. The summed E-state index contributed by atoms with van der Waals surface area (Å²) in [6.07, 6.45) is 1.28. The van der Waals surface area contributed by atoms with Crippen molar-refractivity contribution in [1.82, 2.24) is 0 Å². The Kier molecular flexibility index (Phi) is 8.79. The highest BCUT2D eigenvalue weighted by Gasteiger charge is 2.11. The molecule has 1 atom stereocenters. The summed E-state index contributed by atoms with van der Waals surface area (Å²) in [5.74, 6) is -0.193. The van der Waals surface area contributed by atoms with Gasteiger partial charge in [-0.3, -0.25) is 4.79 Å². The van der Waals surface area contributed by atoms with Crippen molar-refractivity contribution in [2.24, 2.45) is 5.73 Å². The maximum absolute atomic E-state index is 10.6. The van der Waals surface area contributed by atoms with E-state index in [-0.39, 0.29) is 12.4 Å². The summed E-state index contributed by atoms with van der Waals surface area (Å²) >= 11 is 3.33. The number of benzene rings is 1. The lowest BCUT2D eigenvalue weighted by molar-refractivity contribution is -0.138. The lowest BCUT2D eigenvalue weighted by Gasteiger charge is -2.08. The normalized spacial score (nSPS) is 11.4. The molecular formula is C12H17BrClNO3. The zero-order chi connectivity index (χ0) is 12.7. The molecule has 0 amide bonds. The third-order valence-electron chi connectivity index (χ3n) is 2.24. The fourth-order valence-corrected chi connectivity index (χ4v) is 1.54. The van der Waals surface area contributed by atoms with E-state index in [1.54, 1.807) is 0 Å². The molecule has 18 heavy (non-hydrogen) atoms. The van der Waals surface area contributed by atoms with Crippen LogP contribution < -0.4 is 10.5 Å². The molecule has 0 radical (unpaired) electrons. The minimum atomic E-state index is -0.984. The smallest absolute Gasteiger partial charge is 0.320 e. The van der Waals surface area contributed by atoms with Crippen molar-refractivity contribution in [2.45, 2.75) is 18.9 Å². The average molecular weight is 339 g/mol. The molecule has 0 bridgehead atoms. The highest BCUT2D eigenvalue weighted by atomic mass is 79.9. The third kappa shape index (κ3) is 6.23. The number of hydrogen-bond acceptors (Lipinski definition) is 3. The zero-order valence-corrected chi connectivity index (χ0v) is 12.2. The van der Waals surface area contributed by atoms with Crippen molar-refractivity contribution in [1.29, 1.82) is 0 Å². The van der Waals surface area contributed by atoms with Gasteiger partial charge in [0.2, 0.25) is 0 Å². The van der Waals surface area contributed by atoms with Crippen LogP contribution in [0.4, 0.5) is 0 Å². The summed E-state index contributed by atoms with van der Waals surface area (Å²) < 4.78 is 5.48. The molecule has 1 aromatic carbocycles. The fourth-order valence-electron chi connectivity index (χ4n) is 1.31. The van der Waals surface area contributed by atoms with Crippen LogP contribution in [-0.4, -0.2) is 29.1 Å². The second kappa shape index (κ2) is 9.19. The number of carboxylic acid groups (broad SMARTS) is 1. The summed E-state index contributed by atoms with van der Waals surface area (Å²) in [6, 6.07) is 6.49. The average Bonchev–Trinajstić information content (AvgIpc) is 2.31. The van der Waals surface area contributed by atoms with Gasteiger partial charge in [0, 0.05) is 5.33 Å². The number of carboxylic acids is 1. The predicted octanol–water partition coefficient (Wildman–Crippen LogP) is 2.23. The second-order valence-corrected chi connectivity index (χ2v) is 4.48. The van der Waals surface area contributed by atoms with Gasteiger partial charge in [-0.15, -0.1) is 12.4 Å². The molecule has 102 valence electrons. The number of ether oxygens (including phenoxy) is 1. The first kappa shape index (κ1) is 17.2. The van der Waals surface area contributed by atoms with Crippen LogP contribution in [0, 0.1) is 0 Å². The number of halogens is 2. The molecule has 0 aromatic heterocycles. The monoisotopic (exact) mass is 337 g/mol. The van der Waals surface area contributed by atoms with Crippen molar-refractivity contribution in [2.75, 3.05) is 11.9 Å². The minimum Gasteiger partial charge on any atom is -0.494 e. The van der Waals surface area contributed by atoms with Gasteiger partial charge in [-0.2, -0.15) is 0 Å². The number of alkyl halides is 1. The topological polar surface area (TPSA) is 72.5 Å². The molecule has 1 aromatic rings. The number of aliphatic carboxylic acids is 1. The van der Waals surface area contributed by atoms with Gasteiger partial charge in [-0.05, 0) is 30.5 Å². The maximum Gasteiger partial charge on any atom is 0.320 e. The number of hydrogen-bond donors (Lipinski definition) is 2. The Morgan fingerprint density at radius 1 is 1.39 bits per heavy atom. The van der Waals surface area contributed by atoms with Crippen LogP contribution in [0.15, 0.2) is 24.3 Å². The molecule has 0 unspecified atom stereocenters. The molecular weight excluding hydrogens is 321 g/mol. The lowest BCUT2D eigenvalue weighted by atomic mass is 10.1. The van der Waals surface area contributed by atoms with Crippen LogP contribution in [0.25, 0.3) is 0 Å². The van der Waals surface area contributed by atoms with Gasteiger partial charge >= 0.3 is 5.97 Å². The summed E-state index contributed by atoms with van der Waals surface area (Å²) in [5, 5.41) is 9.60. The molecule has 4 nitrogen and oxygen atoms in total. The Balaban J connectivity index is 0.00000289. The Morgan fingerprint density at radius 3 is 2.50 bits per heavy atom. The number of nitrogens with two attached hydrogens (primary N) is 1. The molecule has 0 saturated carbocycles. The molecule has 6 heteroatoms.